The van der Waals surface area contributed by atoms with Gasteiger partial charge in [0.15, 0.2) is 0 Å². The Morgan fingerprint density at radius 1 is 1.21 bits per heavy atom. The summed E-state index contributed by atoms with van der Waals surface area (Å²) >= 11 is 0. The van der Waals surface area contributed by atoms with Gasteiger partial charge >= 0.3 is 0 Å². The van der Waals surface area contributed by atoms with Crippen LogP contribution in [-0.4, -0.2) is 35.8 Å². The number of likely N-dealkylation sites (tertiary alicyclic amines) is 1. The zero-order chi connectivity index (χ0) is 13.8. The van der Waals surface area contributed by atoms with Gasteiger partial charge in [-0.3, -0.25) is 9.59 Å². The van der Waals surface area contributed by atoms with E-state index in [1.807, 2.05) is 0 Å². The van der Waals surface area contributed by atoms with Crippen molar-refractivity contribution in [1.29, 1.82) is 0 Å². The van der Waals surface area contributed by atoms with Gasteiger partial charge in [0, 0.05) is 18.7 Å². The number of hydrogen-bond acceptors (Lipinski definition) is 2. The highest BCUT2D eigenvalue weighted by molar-refractivity contribution is 5.97. The van der Waals surface area contributed by atoms with Crippen molar-refractivity contribution < 1.29 is 14.0 Å². The van der Waals surface area contributed by atoms with Crippen molar-refractivity contribution in [2.75, 3.05) is 13.1 Å². The first-order valence-corrected chi connectivity index (χ1v) is 6.43. The quantitative estimate of drug-likeness (QED) is 0.900. The SMILES string of the molecule is C[C@@H](NC(=O)c1ccc(F)cc1)C(=O)N1CCCC1. The second-order valence-corrected chi connectivity index (χ2v) is 4.73. The molecule has 1 atom stereocenters. The summed E-state index contributed by atoms with van der Waals surface area (Å²) < 4.78 is 12.8. The van der Waals surface area contributed by atoms with Gasteiger partial charge in [-0.2, -0.15) is 0 Å². The Morgan fingerprint density at radius 3 is 2.37 bits per heavy atom. The monoisotopic (exact) mass is 264 g/mol. The molecule has 1 heterocycles. The molecule has 0 unspecified atom stereocenters. The maximum atomic E-state index is 12.8. The Hall–Kier alpha value is -1.91. The summed E-state index contributed by atoms with van der Waals surface area (Å²) in [6.07, 6.45) is 2.04. The van der Waals surface area contributed by atoms with E-state index in [1.165, 1.54) is 24.3 Å². The van der Waals surface area contributed by atoms with Crippen LogP contribution in [0.1, 0.15) is 30.1 Å². The van der Waals surface area contributed by atoms with Crippen LogP contribution in [0, 0.1) is 5.82 Å². The number of halogens is 1. The molecular weight excluding hydrogens is 247 g/mol. The molecule has 5 heteroatoms. The first-order chi connectivity index (χ1) is 9.08. The van der Waals surface area contributed by atoms with Crippen molar-refractivity contribution in [3.05, 3.63) is 35.6 Å². The van der Waals surface area contributed by atoms with Crippen LogP contribution in [0.4, 0.5) is 4.39 Å². The summed E-state index contributed by atoms with van der Waals surface area (Å²) in [5.74, 6) is -0.814. The van der Waals surface area contributed by atoms with Crippen molar-refractivity contribution in [2.24, 2.45) is 0 Å². The zero-order valence-electron chi connectivity index (χ0n) is 10.9. The first kappa shape index (κ1) is 13.5. The smallest absolute Gasteiger partial charge is 0.251 e. The predicted molar refractivity (Wildman–Crippen MR) is 69.1 cm³/mol. The molecule has 0 radical (unpaired) electrons. The van der Waals surface area contributed by atoms with Gasteiger partial charge in [-0.15, -0.1) is 0 Å². The normalized spacial score (nSPS) is 16.2. The molecule has 0 aromatic heterocycles. The van der Waals surface area contributed by atoms with E-state index in [-0.39, 0.29) is 11.8 Å². The third-order valence-electron chi connectivity index (χ3n) is 3.24. The molecule has 0 spiro atoms. The Labute approximate surface area is 111 Å². The summed E-state index contributed by atoms with van der Waals surface area (Å²) in [5, 5.41) is 2.64. The molecule has 1 aliphatic heterocycles. The van der Waals surface area contributed by atoms with E-state index in [4.69, 9.17) is 0 Å². The van der Waals surface area contributed by atoms with Crippen molar-refractivity contribution >= 4 is 11.8 Å². The summed E-state index contributed by atoms with van der Waals surface area (Å²) in [6.45, 7) is 3.19. The Morgan fingerprint density at radius 2 is 1.79 bits per heavy atom. The molecule has 1 aromatic rings. The lowest BCUT2D eigenvalue weighted by Crippen LogP contribution is -2.45. The highest BCUT2D eigenvalue weighted by Gasteiger charge is 2.24. The highest BCUT2D eigenvalue weighted by Crippen LogP contribution is 2.09. The minimum absolute atomic E-state index is 0.0621. The summed E-state index contributed by atoms with van der Waals surface area (Å²) in [4.78, 5) is 25.7. The lowest BCUT2D eigenvalue weighted by atomic mass is 10.2. The molecule has 1 N–H and O–H groups in total. The van der Waals surface area contributed by atoms with Crippen LogP contribution in [0.5, 0.6) is 0 Å². The molecule has 19 heavy (non-hydrogen) atoms. The largest absolute Gasteiger partial charge is 0.341 e. The Balaban J connectivity index is 1.94. The van der Waals surface area contributed by atoms with Gasteiger partial charge in [-0.05, 0) is 44.0 Å². The molecule has 1 aliphatic rings. The fourth-order valence-electron chi connectivity index (χ4n) is 2.15. The van der Waals surface area contributed by atoms with Gasteiger partial charge < -0.3 is 10.2 Å². The number of benzene rings is 1. The van der Waals surface area contributed by atoms with E-state index >= 15 is 0 Å². The maximum absolute atomic E-state index is 12.8. The average molecular weight is 264 g/mol. The predicted octanol–water partition coefficient (Wildman–Crippen LogP) is 1.57. The van der Waals surface area contributed by atoms with Crippen LogP contribution in [-0.2, 0) is 4.79 Å². The average Bonchev–Trinajstić information content (AvgIpc) is 2.92. The van der Waals surface area contributed by atoms with Crippen molar-refractivity contribution in [3.63, 3.8) is 0 Å². The summed E-state index contributed by atoms with van der Waals surface area (Å²) in [6, 6.07) is 4.69. The lowest BCUT2D eigenvalue weighted by Gasteiger charge is -2.21. The van der Waals surface area contributed by atoms with Crippen molar-refractivity contribution in [3.8, 4) is 0 Å². The summed E-state index contributed by atoms with van der Waals surface area (Å²) in [7, 11) is 0. The zero-order valence-corrected chi connectivity index (χ0v) is 10.9. The minimum atomic E-state index is -0.560. The fraction of sp³-hybridized carbons (Fsp3) is 0.429. The number of nitrogens with zero attached hydrogens (tertiary/aromatic N) is 1. The Kier molecular flexibility index (Phi) is 4.14. The van der Waals surface area contributed by atoms with E-state index in [9.17, 15) is 14.0 Å². The number of hydrogen-bond donors (Lipinski definition) is 1. The Bertz CT molecular complexity index is 467. The first-order valence-electron chi connectivity index (χ1n) is 6.43. The molecule has 0 saturated carbocycles. The van der Waals surface area contributed by atoms with Crippen LogP contribution < -0.4 is 5.32 Å². The molecular formula is C14H17FN2O2. The van der Waals surface area contributed by atoms with Gasteiger partial charge in [0.25, 0.3) is 5.91 Å². The molecule has 2 rings (SSSR count). The van der Waals surface area contributed by atoms with Crippen LogP contribution >= 0.6 is 0 Å². The molecule has 1 aromatic carbocycles. The number of nitrogens with one attached hydrogen (secondary N) is 1. The lowest BCUT2D eigenvalue weighted by molar-refractivity contribution is -0.131. The van der Waals surface area contributed by atoms with Gasteiger partial charge in [0.1, 0.15) is 11.9 Å². The topological polar surface area (TPSA) is 49.4 Å². The number of rotatable bonds is 3. The number of amides is 2. The molecule has 1 saturated heterocycles. The minimum Gasteiger partial charge on any atom is -0.341 e. The number of carbonyl (C=O) groups excluding carboxylic acids is 2. The molecule has 2 amide bonds. The fourth-order valence-corrected chi connectivity index (χ4v) is 2.15. The molecule has 102 valence electrons. The van der Waals surface area contributed by atoms with Crippen LogP contribution in [0.25, 0.3) is 0 Å². The molecule has 1 fully saturated rings. The second kappa shape index (κ2) is 5.82. The van der Waals surface area contributed by atoms with Crippen molar-refractivity contribution in [2.45, 2.75) is 25.8 Å². The number of carbonyl (C=O) groups is 2. The van der Waals surface area contributed by atoms with E-state index in [1.54, 1.807) is 11.8 Å². The third-order valence-corrected chi connectivity index (χ3v) is 3.24. The molecule has 0 aliphatic carbocycles. The maximum Gasteiger partial charge on any atom is 0.251 e. The van der Waals surface area contributed by atoms with Crippen LogP contribution in [0.15, 0.2) is 24.3 Å². The van der Waals surface area contributed by atoms with E-state index in [0.717, 1.165) is 25.9 Å². The summed E-state index contributed by atoms with van der Waals surface area (Å²) in [5.41, 5.74) is 0.350. The molecule has 4 nitrogen and oxygen atoms in total. The molecule has 0 bridgehead atoms. The standard InChI is InChI=1S/C14H17FN2O2/c1-10(14(19)17-8-2-3-9-17)16-13(18)11-4-6-12(15)7-5-11/h4-7,10H,2-3,8-9H2,1H3,(H,16,18)/t10-/m1/s1. The third kappa shape index (κ3) is 3.30. The van der Waals surface area contributed by atoms with Gasteiger partial charge in [-0.1, -0.05) is 0 Å². The van der Waals surface area contributed by atoms with Gasteiger partial charge in [-0.25, -0.2) is 4.39 Å². The van der Waals surface area contributed by atoms with Gasteiger partial charge in [0.05, 0.1) is 0 Å². The van der Waals surface area contributed by atoms with E-state index < -0.39 is 11.9 Å². The van der Waals surface area contributed by atoms with E-state index in [0.29, 0.717) is 5.56 Å². The highest BCUT2D eigenvalue weighted by atomic mass is 19.1. The van der Waals surface area contributed by atoms with Crippen molar-refractivity contribution in [1.82, 2.24) is 10.2 Å². The van der Waals surface area contributed by atoms with E-state index in [2.05, 4.69) is 5.32 Å². The van der Waals surface area contributed by atoms with Crippen LogP contribution in [0.3, 0.4) is 0 Å². The second-order valence-electron chi connectivity index (χ2n) is 4.73. The van der Waals surface area contributed by atoms with Crippen LogP contribution in [0.2, 0.25) is 0 Å². The van der Waals surface area contributed by atoms with Gasteiger partial charge in [0.2, 0.25) is 5.91 Å².